The van der Waals surface area contributed by atoms with Crippen molar-refractivity contribution in [1.82, 2.24) is 9.80 Å². The van der Waals surface area contributed by atoms with Gasteiger partial charge in [0.15, 0.2) is 0 Å². The molecule has 0 bridgehead atoms. The lowest BCUT2D eigenvalue weighted by atomic mass is 10.1. The lowest BCUT2D eigenvalue weighted by molar-refractivity contribution is -0.133. The predicted molar refractivity (Wildman–Crippen MR) is 102 cm³/mol. The number of carbonyl (C=O) groups excluding carboxylic acids is 1. The fraction of sp³-hybridized carbons (Fsp3) is 0.650. The molecule has 24 heavy (non-hydrogen) atoms. The molecular weight excluding hydrogens is 316 g/mol. The van der Waals surface area contributed by atoms with E-state index in [-0.39, 0.29) is 0 Å². The van der Waals surface area contributed by atoms with Crippen LogP contribution in [0.25, 0.3) is 0 Å². The van der Waals surface area contributed by atoms with Crippen LogP contribution in [-0.2, 0) is 11.2 Å². The van der Waals surface area contributed by atoms with E-state index in [0.29, 0.717) is 18.4 Å². The van der Waals surface area contributed by atoms with Gasteiger partial charge in [-0.15, -0.1) is 0 Å². The first kappa shape index (κ1) is 17.8. The molecule has 0 spiro atoms. The number of amides is 1. The number of hydrogen-bond acceptors (Lipinski definition) is 3. The Hall–Kier alpha value is -1.00. The molecule has 3 rings (SSSR count). The normalized spacial score (nSPS) is 22.5. The highest BCUT2D eigenvalue weighted by molar-refractivity contribution is 7.99. The summed E-state index contributed by atoms with van der Waals surface area (Å²) in [5.74, 6) is 2.68. The second-order valence-corrected chi connectivity index (χ2v) is 8.17. The zero-order valence-electron chi connectivity index (χ0n) is 14.7. The summed E-state index contributed by atoms with van der Waals surface area (Å²) in [6.45, 7) is 4.47. The Morgan fingerprint density at radius 3 is 2.67 bits per heavy atom. The van der Waals surface area contributed by atoms with Gasteiger partial charge in [-0.1, -0.05) is 30.3 Å². The summed E-state index contributed by atoms with van der Waals surface area (Å²) in [6.07, 6.45) is 6.45. The minimum atomic E-state index is 0.373. The van der Waals surface area contributed by atoms with Crippen LogP contribution in [0.2, 0.25) is 0 Å². The van der Waals surface area contributed by atoms with Crippen LogP contribution >= 0.6 is 11.8 Å². The highest BCUT2D eigenvalue weighted by Crippen LogP contribution is 2.20. The van der Waals surface area contributed by atoms with Gasteiger partial charge in [-0.05, 0) is 56.5 Å². The van der Waals surface area contributed by atoms with Gasteiger partial charge in [0.1, 0.15) is 0 Å². The van der Waals surface area contributed by atoms with Crippen molar-refractivity contribution in [2.24, 2.45) is 0 Å². The van der Waals surface area contributed by atoms with Crippen LogP contribution in [0.4, 0.5) is 0 Å². The number of hydrogen-bond donors (Lipinski definition) is 0. The molecule has 4 heteroatoms. The van der Waals surface area contributed by atoms with Gasteiger partial charge in [-0.25, -0.2) is 0 Å². The topological polar surface area (TPSA) is 23.6 Å². The highest BCUT2D eigenvalue weighted by atomic mass is 32.2. The van der Waals surface area contributed by atoms with Gasteiger partial charge < -0.3 is 9.80 Å². The second kappa shape index (κ2) is 9.47. The van der Waals surface area contributed by atoms with Crippen molar-refractivity contribution in [3.8, 4) is 0 Å². The summed E-state index contributed by atoms with van der Waals surface area (Å²) in [6, 6.07) is 10.9. The first-order valence-electron chi connectivity index (χ1n) is 9.46. The van der Waals surface area contributed by atoms with Crippen molar-refractivity contribution in [2.45, 2.75) is 44.6 Å². The summed E-state index contributed by atoms with van der Waals surface area (Å²) in [5, 5.41) is 0. The molecule has 2 aliphatic heterocycles. The van der Waals surface area contributed by atoms with E-state index in [4.69, 9.17) is 0 Å². The smallest absolute Gasteiger partial charge is 0.222 e. The van der Waals surface area contributed by atoms with Crippen LogP contribution < -0.4 is 0 Å². The van der Waals surface area contributed by atoms with Gasteiger partial charge >= 0.3 is 0 Å². The number of thioether (sulfide) groups is 1. The van der Waals surface area contributed by atoms with Crippen molar-refractivity contribution in [1.29, 1.82) is 0 Å². The van der Waals surface area contributed by atoms with Crippen molar-refractivity contribution < 1.29 is 4.79 Å². The van der Waals surface area contributed by atoms with Crippen molar-refractivity contribution >= 4 is 17.7 Å². The molecule has 3 nitrogen and oxygen atoms in total. The summed E-state index contributed by atoms with van der Waals surface area (Å²) >= 11 is 2.03. The number of benzene rings is 1. The molecule has 2 fully saturated rings. The standard InChI is InChI=1S/C20H30N2OS/c23-20(11-6-10-18-8-2-1-3-9-18)22-14-7-15-24-17-19(22)16-21-12-4-5-13-21/h1-3,8-9,19H,4-7,10-17H2. The lowest BCUT2D eigenvalue weighted by Gasteiger charge is -2.33. The number of nitrogens with zero attached hydrogens (tertiary/aromatic N) is 2. The molecular formula is C20H30N2OS. The minimum Gasteiger partial charge on any atom is -0.338 e. The maximum Gasteiger partial charge on any atom is 0.222 e. The van der Waals surface area contributed by atoms with E-state index in [0.717, 1.165) is 38.1 Å². The molecule has 1 atom stereocenters. The number of rotatable bonds is 6. The van der Waals surface area contributed by atoms with E-state index >= 15 is 0 Å². The number of aryl methyl sites for hydroxylation is 1. The van der Waals surface area contributed by atoms with Crippen molar-refractivity contribution in [3.05, 3.63) is 35.9 Å². The van der Waals surface area contributed by atoms with E-state index in [9.17, 15) is 4.79 Å². The second-order valence-electron chi connectivity index (χ2n) is 7.02. The first-order valence-corrected chi connectivity index (χ1v) is 10.6. The van der Waals surface area contributed by atoms with Crippen LogP contribution in [0.5, 0.6) is 0 Å². The Balaban J connectivity index is 1.51. The third-order valence-electron chi connectivity index (χ3n) is 5.13. The molecule has 2 aliphatic rings. The van der Waals surface area contributed by atoms with Gasteiger partial charge in [0, 0.05) is 25.3 Å². The largest absolute Gasteiger partial charge is 0.338 e. The van der Waals surface area contributed by atoms with Gasteiger partial charge in [-0.2, -0.15) is 11.8 Å². The Morgan fingerprint density at radius 2 is 1.88 bits per heavy atom. The van der Waals surface area contributed by atoms with E-state index in [1.54, 1.807) is 0 Å². The predicted octanol–water partition coefficient (Wildman–Crippen LogP) is 3.44. The number of carbonyl (C=O) groups is 1. The van der Waals surface area contributed by atoms with E-state index in [1.807, 2.05) is 17.8 Å². The molecule has 132 valence electrons. The minimum absolute atomic E-state index is 0.373. The molecule has 1 amide bonds. The van der Waals surface area contributed by atoms with Gasteiger partial charge in [-0.3, -0.25) is 4.79 Å². The SMILES string of the molecule is O=C(CCCc1ccccc1)N1CCCSCC1CN1CCCC1. The summed E-state index contributed by atoms with van der Waals surface area (Å²) < 4.78 is 0. The van der Waals surface area contributed by atoms with E-state index in [2.05, 4.69) is 34.1 Å². The molecule has 0 N–H and O–H groups in total. The molecule has 0 aromatic heterocycles. The summed E-state index contributed by atoms with van der Waals surface area (Å²) in [7, 11) is 0. The monoisotopic (exact) mass is 346 g/mol. The molecule has 2 saturated heterocycles. The maximum atomic E-state index is 12.8. The molecule has 0 saturated carbocycles. The Morgan fingerprint density at radius 1 is 1.08 bits per heavy atom. The maximum absolute atomic E-state index is 12.8. The lowest BCUT2D eigenvalue weighted by Crippen LogP contribution is -2.47. The van der Waals surface area contributed by atoms with Crippen LogP contribution in [0.1, 0.15) is 37.7 Å². The average molecular weight is 347 g/mol. The fourth-order valence-electron chi connectivity index (χ4n) is 3.80. The van der Waals surface area contributed by atoms with E-state index < -0.39 is 0 Å². The Bertz CT molecular complexity index is 502. The van der Waals surface area contributed by atoms with Gasteiger partial charge in [0.25, 0.3) is 0 Å². The van der Waals surface area contributed by atoms with Crippen molar-refractivity contribution in [3.63, 3.8) is 0 Å². The number of likely N-dealkylation sites (tertiary alicyclic amines) is 1. The molecule has 0 radical (unpaired) electrons. The van der Waals surface area contributed by atoms with Gasteiger partial charge in [0.05, 0.1) is 6.04 Å². The fourth-order valence-corrected chi connectivity index (χ4v) is 4.86. The molecule has 2 heterocycles. The molecule has 1 aromatic rings. The van der Waals surface area contributed by atoms with Crippen LogP contribution in [0.3, 0.4) is 0 Å². The van der Waals surface area contributed by atoms with Crippen LogP contribution in [0, 0.1) is 0 Å². The zero-order valence-corrected chi connectivity index (χ0v) is 15.5. The van der Waals surface area contributed by atoms with Crippen LogP contribution in [0.15, 0.2) is 30.3 Å². The third kappa shape index (κ3) is 5.25. The summed E-state index contributed by atoms with van der Waals surface area (Å²) in [4.78, 5) is 17.6. The molecule has 1 unspecified atom stereocenters. The average Bonchev–Trinajstić information content (AvgIpc) is 3.00. The van der Waals surface area contributed by atoms with Crippen LogP contribution in [-0.4, -0.2) is 59.4 Å². The Kier molecular flexibility index (Phi) is 7.03. The third-order valence-corrected chi connectivity index (χ3v) is 6.32. The summed E-state index contributed by atoms with van der Waals surface area (Å²) in [5.41, 5.74) is 1.34. The Labute approximate surface area is 150 Å². The zero-order chi connectivity index (χ0) is 16.6. The quantitative estimate of drug-likeness (QED) is 0.788. The van der Waals surface area contributed by atoms with Gasteiger partial charge in [0.2, 0.25) is 5.91 Å². The van der Waals surface area contributed by atoms with E-state index in [1.165, 1.54) is 37.2 Å². The van der Waals surface area contributed by atoms with Crippen molar-refractivity contribution in [2.75, 3.05) is 37.7 Å². The highest BCUT2D eigenvalue weighted by Gasteiger charge is 2.27. The molecule has 1 aromatic carbocycles. The first-order chi connectivity index (χ1) is 11.8. The molecule has 0 aliphatic carbocycles.